The Bertz CT molecular complexity index is 697. The number of benzene rings is 1. The maximum atomic E-state index is 11.5. The molecule has 124 valence electrons. The molecule has 0 spiro atoms. The minimum atomic E-state index is 0.250. The van der Waals surface area contributed by atoms with E-state index in [0.29, 0.717) is 22.8 Å². The van der Waals surface area contributed by atoms with Crippen LogP contribution in [0.3, 0.4) is 0 Å². The molecule has 23 heavy (non-hydrogen) atoms. The topological polar surface area (TPSA) is 62.6 Å². The molecule has 6 nitrogen and oxygen atoms in total. The van der Waals surface area contributed by atoms with E-state index >= 15 is 0 Å². The van der Waals surface area contributed by atoms with Crippen molar-refractivity contribution >= 4 is 67.1 Å². The number of carbonyl (C=O) groups excluding carboxylic acids is 1. The lowest BCUT2D eigenvalue weighted by Crippen LogP contribution is -2.04. The van der Waals surface area contributed by atoms with E-state index in [1.54, 1.807) is 10.7 Å². The van der Waals surface area contributed by atoms with Crippen LogP contribution in [0.1, 0.15) is 21.6 Å². The Hall–Kier alpha value is -0.340. The van der Waals surface area contributed by atoms with E-state index in [1.807, 2.05) is 68.6 Å². The highest BCUT2D eigenvalue weighted by molar-refractivity contribution is 14.2. The molecule has 0 atom stereocenters. The van der Waals surface area contributed by atoms with Gasteiger partial charge in [-0.2, -0.15) is 5.10 Å². The highest BCUT2D eigenvalue weighted by atomic mass is 127. The summed E-state index contributed by atoms with van der Waals surface area (Å²) in [6, 6.07) is 3.54. The third kappa shape index (κ3) is 4.82. The molecule has 0 aliphatic heterocycles. The molecule has 0 saturated carbocycles. The van der Waals surface area contributed by atoms with Gasteiger partial charge in [-0.3, -0.25) is 9.48 Å². The largest absolute Gasteiger partial charge is 0.486 e. The zero-order valence-corrected chi connectivity index (χ0v) is 18.1. The second kappa shape index (κ2) is 9.22. The van der Waals surface area contributed by atoms with Crippen molar-refractivity contribution in [2.75, 3.05) is 0 Å². The molecule has 10 heteroatoms. The van der Waals surface area contributed by atoms with Crippen molar-refractivity contribution < 1.29 is 17.9 Å². The van der Waals surface area contributed by atoms with Gasteiger partial charge in [-0.05, 0) is 13.0 Å². The van der Waals surface area contributed by atoms with Gasteiger partial charge in [-0.1, -0.05) is 0 Å². The average Bonchev–Trinajstić information content (AvgIpc) is 2.94. The van der Waals surface area contributed by atoms with E-state index in [-0.39, 0.29) is 6.61 Å². The lowest BCUT2D eigenvalue weighted by atomic mass is 10.1. The van der Waals surface area contributed by atoms with E-state index < -0.39 is 0 Å². The molecule has 1 aromatic heterocycles. The minimum Gasteiger partial charge on any atom is -0.486 e. The van der Waals surface area contributed by atoms with Crippen molar-refractivity contribution in [3.63, 3.8) is 0 Å². The summed E-state index contributed by atoms with van der Waals surface area (Å²) in [5.74, 6) is 1.43. The van der Waals surface area contributed by atoms with Gasteiger partial charge in [-0.15, -0.1) is 0 Å². The summed E-state index contributed by atoms with van der Waals surface area (Å²) >= 11 is 4.02. The number of halogens is 2. The lowest BCUT2D eigenvalue weighted by Gasteiger charge is -2.16. The molecule has 0 N–H and O–H groups in total. The number of hydrogen-bond acceptors (Lipinski definition) is 7. The van der Waals surface area contributed by atoms with Crippen molar-refractivity contribution in [1.82, 2.24) is 9.78 Å². The number of aryl methyl sites for hydroxylation is 1. The van der Waals surface area contributed by atoms with E-state index in [9.17, 15) is 4.79 Å². The number of nitrogens with zero attached hydrogens (tertiary/aromatic N) is 2. The van der Waals surface area contributed by atoms with Gasteiger partial charge < -0.3 is 13.1 Å². The molecule has 0 saturated heterocycles. The smallest absolute Gasteiger partial charge is 0.157 e. The molecular weight excluding hydrogens is 566 g/mol. The second-order valence-electron chi connectivity index (χ2n) is 4.42. The van der Waals surface area contributed by atoms with Crippen LogP contribution >= 0.6 is 60.8 Å². The first-order valence-corrected chi connectivity index (χ1v) is 12.8. The summed E-state index contributed by atoms with van der Waals surface area (Å²) in [5.41, 5.74) is 1.86. The van der Waals surface area contributed by atoms with Crippen LogP contribution in [0.4, 0.5) is 0 Å². The molecule has 2 aromatic rings. The van der Waals surface area contributed by atoms with Gasteiger partial charge in [0.25, 0.3) is 0 Å². The van der Waals surface area contributed by atoms with Gasteiger partial charge in [0.15, 0.2) is 12.0 Å². The Morgan fingerprint density at radius 3 is 2.57 bits per heavy atom. The van der Waals surface area contributed by atoms with Crippen LogP contribution in [-0.2, 0) is 13.7 Å². The number of carbonyl (C=O) groups is 1. The van der Waals surface area contributed by atoms with Gasteiger partial charge in [0.1, 0.15) is 42.1 Å². The minimum absolute atomic E-state index is 0.250. The average molecular weight is 578 g/mol. The fraction of sp³-hybridized carbons (Fsp3) is 0.231. The van der Waals surface area contributed by atoms with E-state index in [2.05, 4.69) is 5.10 Å². The summed E-state index contributed by atoms with van der Waals surface area (Å²) in [7, 11) is 4.14. The number of hydrogen-bond donors (Lipinski definition) is 0. The van der Waals surface area contributed by atoms with Gasteiger partial charge >= 0.3 is 0 Å². The molecule has 0 radical (unpaired) electrons. The van der Waals surface area contributed by atoms with Gasteiger partial charge in [0.05, 0.1) is 5.69 Å². The van der Waals surface area contributed by atoms with Gasteiger partial charge in [0, 0.05) is 67.3 Å². The summed E-state index contributed by atoms with van der Waals surface area (Å²) in [6.45, 7) is 2.09. The van der Waals surface area contributed by atoms with Crippen LogP contribution in [0.25, 0.3) is 0 Å². The molecule has 0 unspecified atom stereocenters. The molecule has 0 aliphatic carbocycles. The van der Waals surface area contributed by atoms with E-state index in [0.717, 1.165) is 26.8 Å². The standard InChI is InChI=1S/C13H12I2N2O4S2/c1-8-11(20-22-14)5-12(21-23-15)10(6-18)13(8)19-7-9-3-4-17(2)16-9/h3-6H,7H2,1-2H3. The molecular formula is C13H12I2N2O4S2. The first-order valence-electron chi connectivity index (χ1n) is 6.25. The number of ether oxygens (including phenoxy) is 1. The van der Waals surface area contributed by atoms with Crippen molar-refractivity contribution in [1.29, 1.82) is 0 Å². The van der Waals surface area contributed by atoms with Crippen molar-refractivity contribution in [2.45, 2.75) is 13.5 Å². The Kier molecular flexibility index (Phi) is 7.62. The Balaban J connectivity index is 2.38. The third-order valence-electron chi connectivity index (χ3n) is 2.98. The fourth-order valence-corrected chi connectivity index (χ4v) is 3.55. The molecule has 1 heterocycles. The fourth-order valence-electron chi connectivity index (χ4n) is 1.94. The lowest BCUT2D eigenvalue weighted by molar-refractivity contribution is 0.111. The molecule has 1 aromatic carbocycles. The summed E-state index contributed by atoms with van der Waals surface area (Å²) in [6.07, 6.45) is 2.56. The first-order chi connectivity index (χ1) is 11.1. The van der Waals surface area contributed by atoms with E-state index in [4.69, 9.17) is 13.1 Å². The van der Waals surface area contributed by atoms with Crippen molar-refractivity contribution in [2.24, 2.45) is 7.05 Å². The highest BCUT2D eigenvalue weighted by Gasteiger charge is 2.20. The van der Waals surface area contributed by atoms with Crippen LogP contribution in [0.15, 0.2) is 18.3 Å². The van der Waals surface area contributed by atoms with Crippen LogP contribution in [0.2, 0.25) is 0 Å². The van der Waals surface area contributed by atoms with Crippen molar-refractivity contribution in [3.8, 4) is 17.2 Å². The number of aromatic nitrogens is 2. The Labute approximate surface area is 166 Å². The van der Waals surface area contributed by atoms with Gasteiger partial charge in [-0.25, -0.2) is 0 Å². The summed E-state index contributed by atoms with van der Waals surface area (Å²) in [5, 5.41) is 4.26. The zero-order chi connectivity index (χ0) is 16.8. The second-order valence-corrected chi connectivity index (χ2v) is 7.16. The summed E-state index contributed by atoms with van der Waals surface area (Å²) < 4.78 is 18.5. The van der Waals surface area contributed by atoms with Crippen LogP contribution < -0.4 is 13.1 Å². The zero-order valence-electron chi connectivity index (χ0n) is 12.1. The van der Waals surface area contributed by atoms with Crippen LogP contribution in [0, 0.1) is 6.92 Å². The number of rotatable bonds is 8. The van der Waals surface area contributed by atoms with Crippen LogP contribution in [0.5, 0.6) is 17.2 Å². The predicted molar refractivity (Wildman–Crippen MR) is 109 cm³/mol. The molecule has 0 amide bonds. The van der Waals surface area contributed by atoms with Crippen molar-refractivity contribution in [3.05, 3.63) is 35.2 Å². The Morgan fingerprint density at radius 2 is 2.00 bits per heavy atom. The quantitative estimate of drug-likeness (QED) is 0.252. The molecule has 2 rings (SSSR count). The monoisotopic (exact) mass is 578 g/mol. The summed E-state index contributed by atoms with van der Waals surface area (Å²) in [4.78, 5) is 11.5. The normalized spacial score (nSPS) is 10.4. The molecule has 0 fully saturated rings. The molecule has 0 bridgehead atoms. The molecule has 0 aliphatic rings. The maximum Gasteiger partial charge on any atom is 0.157 e. The predicted octanol–water partition coefficient (Wildman–Crippen LogP) is 4.87. The Morgan fingerprint density at radius 1 is 1.30 bits per heavy atom. The first kappa shape index (κ1) is 19.0. The number of aldehydes is 1. The highest BCUT2D eigenvalue weighted by Crippen LogP contribution is 2.41. The maximum absolute atomic E-state index is 11.5. The van der Waals surface area contributed by atoms with Gasteiger partial charge in [0.2, 0.25) is 0 Å². The third-order valence-corrected chi connectivity index (χ3v) is 4.54. The van der Waals surface area contributed by atoms with Crippen LogP contribution in [-0.4, -0.2) is 16.1 Å². The SMILES string of the molecule is Cc1c(OSI)cc(OSI)c(C=O)c1OCc1ccn(C)n1. The van der Waals surface area contributed by atoms with E-state index in [1.165, 1.54) is 9.21 Å².